The predicted molar refractivity (Wildman–Crippen MR) is 76.9 cm³/mol. The van der Waals surface area contributed by atoms with Crippen molar-refractivity contribution in [3.05, 3.63) is 71.3 Å². The molecule has 0 radical (unpaired) electrons. The predicted octanol–water partition coefficient (Wildman–Crippen LogP) is 4.61. The Morgan fingerprint density at radius 3 is 2.37 bits per heavy atom. The van der Waals surface area contributed by atoms with Gasteiger partial charge in [-0.15, -0.1) is 0 Å². The first-order valence-electron chi connectivity index (χ1n) is 6.91. The first-order chi connectivity index (χ1) is 9.40. The fourth-order valence-corrected chi connectivity index (χ4v) is 3.25. The van der Waals surface area contributed by atoms with E-state index >= 15 is 0 Å². The molecule has 0 amide bonds. The second-order valence-corrected chi connectivity index (χ2v) is 5.22. The van der Waals surface area contributed by atoms with Gasteiger partial charge in [0.15, 0.2) is 0 Å². The molecule has 3 rings (SSSR count). The number of nitrogens with zero attached hydrogens (tertiary/aromatic N) is 1. The molecule has 94 valence electrons. The monoisotopic (exact) mass is 247 g/mol. The van der Waals surface area contributed by atoms with E-state index < -0.39 is 0 Å². The third kappa shape index (κ3) is 2.27. The van der Waals surface area contributed by atoms with Crippen molar-refractivity contribution in [3.63, 3.8) is 0 Å². The summed E-state index contributed by atoms with van der Waals surface area (Å²) >= 11 is 0. The minimum atomic E-state index is 0.501. The standard InChI is InChI=1S/C18H17N/c19-12-6-9-15-13-18(14-7-2-1-3-8-14)17-11-5-4-10-16(15)17/h1-5,7-8,10-11,15,18H,6,9,13H2/t15-,18-/m0/s1. The summed E-state index contributed by atoms with van der Waals surface area (Å²) in [5.74, 6) is 1.04. The van der Waals surface area contributed by atoms with Crippen LogP contribution in [0.25, 0.3) is 0 Å². The van der Waals surface area contributed by atoms with Gasteiger partial charge in [0.05, 0.1) is 6.07 Å². The van der Waals surface area contributed by atoms with Crippen LogP contribution >= 0.6 is 0 Å². The topological polar surface area (TPSA) is 23.8 Å². The van der Waals surface area contributed by atoms with Crippen molar-refractivity contribution in [1.29, 1.82) is 5.26 Å². The molecule has 19 heavy (non-hydrogen) atoms. The molecule has 0 saturated carbocycles. The van der Waals surface area contributed by atoms with Crippen molar-refractivity contribution in [2.24, 2.45) is 0 Å². The van der Waals surface area contributed by atoms with Crippen molar-refractivity contribution in [2.75, 3.05) is 0 Å². The van der Waals surface area contributed by atoms with E-state index in [4.69, 9.17) is 5.26 Å². The first kappa shape index (κ1) is 12.0. The molecule has 1 aliphatic carbocycles. The lowest BCUT2D eigenvalue weighted by Gasteiger charge is -2.12. The lowest BCUT2D eigenvalue weighted by Crippen LogP contribution is -1.96. The van der Waals surface area contributed by atoms with Crippen molar-refractivity contribution in [1.82, 2.24) is 0 Å². The van der Waals surface area contributed by atoms with Gasteiger partial charge < -0.3 is 0 Å². The van der Waals surface area contributed by atoms with E-state index in [1.165, 1.54) is 16.7 Å². The SMILES string of the molecule is N#CCC[C@H]1C[C@@H](c2ccccc2)c2ccccc21. The number of benzene rings is 2. The highest BCUT2D eigenvalue weighted by Crippen LogP contribution is 2.46. The van der Waals surface area contributed by atoms with Crippen LogP contribution in [-0.2, 0) is 0 Å². The summed E-state index contributed by atoms with van der Waals surface area (Å²) in [6, 6.07) is 21.7. The summed E-state index contributed by atoms with van der Waals surface area (Å²) < 4.78 is 0. The fourth-order valence-electron chi connectivity index (χ4n) is 3.25. The molecular weight excluding hydrogens is 230 g/mol. The molecule has 0 spiro atoms. The van der Waals surface area contributed by atoms with Gasteiger partial charge in [0, 0.05) is 12.3 Å². The van der Waals surface area contributed by atoms with Gasteiger partial charge in [0.1, 0.15) is 0 Å². The average Bonchev–Trinajstić information content (AvgIpc) is 2.85. The lowest BCUT2D eigenvalue weighted by atomic mass is 9.92. The molecule has 1 heteroatoms. The van der Waals surface area contributed by atoms with Crippen LogP contribution in [0.1, 0.15) is 47.8 Å². The van der Waals surface area contributed by atoms with E-state index in [1.54, 1.807) is 0 Å². The van der Waals surface area contributed by atoms with Crippen LogP contribution in [-0.4, -0.2) is 0 Å². The van der Waals surface area contributed by atoms with Crippen LogP contribution < -0.4 is 0 Å². The molecule has 1 nitrogen and oxygen atoms in total. The Kier molecular flexibility index (Phi) is 3.33. The van der Waals surface area contributed by atoms with Crippen LogP contribution in [0.15, 0.2) is 54.6 Å². The highest BCUT2D eigenvalue weighted by Gasteiger charge is 2.30. The quantitative estimate of drug-likeness (QED) is 0.777. The molecule has 2 aromatic rings. The molecule has 0 aromatic heterocycles. The van der Waals surface area contributed by atoms with Gasteiger partial charge in [-0.3, -0.25) is 0 Å². The normalized spacial score (nSPS) is 20.8. The third-order valence-electron chi connectivity index (χ3n) is 4.14. The summed E-state index contributed by atoms with van der Waals surface area (Å²) in [4.78, 5) is 0. The Bertz CT molecular complexity index is 595. The summed E-state index contributed by atoms with van der Waals surface area (Å²) in [6.07, 6.45) is 2.78. The second-order valence-electron chi connectivity index (χ2n) is 5.22. The van der Waals surface area contributed by atoms with E-state index in [1.807, 2.05) is 0 Å². The summed E-state index contributed by atoms with van der Waals surface area (Å²) in [6.45, 7) is 0. The molecule has 0 saturated heterocycles. The molecule has 0 fully saturated rings. The van der Waals surface area contributed by atoms with Crippen LogP contribution in [0.4, 0.5) is 0 Å². The van der Waals surface area contributed by atoms with Crippen LogP contribution in [0, 0.1) is 11.3 Å². The molecule has 0 N–H and O–H groups in total. The molecule has 1 aliphatic rings. The Morgan fingerprint density at radius 2 is 1.63 bits per heavy atom. The Hall–Kier alpha value is -2.07. The van der Waals surface area contributed by atoms with Gasteiger partial charge in [-0.05, 0) is 35.4 Å². The van der Waals surface area contributed by atoms with Crippen molar-refractivity contribution >= 4 is 0 Å². The van der Waals surface area contributed by atoms with Gasteiger partial charge >= 0.3 is 0 Å². The Balaban J connectivity index is 1.95. The zero-order valence-electron chi connectivity index (χ0n) is 10.9. The van der Waals surface area contributed by atoms with Crippen molar-refractivity contribution < 1.29 is 0 Å². The largest absolute Gasteiger partial charge is 0.198 e. The lowest BCUT2D eigenvalue weighted by molar-refractivity contribution is 0.599. The zero-order chi connectivity index (χ0) is 13.1. The molecule has 0 unspecified atom stereocenters. The maximum Gasteiger partial charge on any atom is 0.0621 e. The Morgan fingerprint density at radius 1 is 0.947 bits per heavy atom. The van der Waals surface area contributed by atoms with E-state index in [2.05, 4.69) is 60.7 Å². The molecular formula is C18H17N. The smallest absolute Gasteiger partial charge is 0.0621 e. The van der Waals surface area contributed by atoms with Crippen LogP contribution in [0.2, 0.25) is 0 Å². The van der Waals surface area contributed by atoms with E-state index in [9.17, 15) is 0 Å². The van der Waals surface area contributed by atoms with Crippen molar-refractivity contribution in [3.8, 4) is 6.07 Å². The van der Waals surface area contributed by atoms with Gasteiger partial charge in [-0.2, -0.15) is 5.26 Å². The number of hydrogen-bond donors (Lipinski definition) is 0. The van der Waals surface area contributed by atoms with Crippen LogP contribution in [0.3, 0.4) is 0 Å². The average molecular weight is 247 g/mol. The Labute approximate surface area is 114 Å². The third-order valence-corrected chi connectivity index (χ3v) is 4.14. The highest BCUT2D eigenvalue weighted by molar-refractivity contribution is 5.44. The van der Waals surface area contributed by atoms with Crippen molar-refractivity contribution in [2.45, 2.75) is 31.1 Å². The van der Waals surface area contributed by atoms with E-state index in [0.29, 0.717) is 18.3 Å². The summed E-state index contributed by atoms with van der Waals surface area (Å²) in [7, 11) is 0. The molecule has 2 aromatic carbocycles. The molecule has 0 aliphatic heterocycles. The fraction of sp³-hybridized carbons (Fsp3) is 0.278. The zero-order valence-corrected chi connectivity index (χ0v) is 10.9. The number of nitriles is 1. The van der Waals surface area contributed by atoms with E-state index in [-0.39, 0.29) is 0 Å². The van der Waals surface area contributed by atoms with Gasteiger partial charge in [0.2, 0.25) is 0 Å². The summed E-state index contributed by atoms with van der Waals surface area (Å²) in [5.41, 5.74) is 4.30. The second kappa shape index (κ2) is 5.28. The highest BCUT2D eigenvalue weighted by atomic mass is 14.3. The van der Waals surface area contributed by atoms with Gasteiger partial charge in [-0.1, -0.05) is 54.6 Å². The number of hydrogen-bond acceptors (Lipinski definition) is 1. The summed E-state index contributed by atoms with van der Waals surface area (Å²) in [5, 5.41) is 8.81. The maximum atomic E-state index is 8.81. The van der Waals surface area contributed by atoms with Gasteiger partial charge in [-0.25, -0.2) is 0 Å². The first-order valence-corrected chi connectivity index (χ1v) is 6.91. The van der Waals surface area contributed by atoms with Gasteiger partial charge in [0.25, 0.3) is 0 Å². The number of fused-ring (bicyclic) bond motifs is 1. The number of rotatable bonds is 3. The van der Waals surface area contributed by atoms with E-state index in [0.717, 1.165) is 12.8 Å². The molecule has 0 bridgehead atoms. The van der Waals surface area contributed by atoms with Crippen LogP contribution in [0.5, 0.6) is 0 Å². The molecule has 0 heterocycles. The molecule has 2 atom stereocenters. The minimum Gasteiger partial charge on any atom is -0.198 e. The maximum absolute atomic E-state index is 8.81. The minimum absolute atomic E-state index is 0.501.